The van der Waals surface area contributed by atoms with Crippen molar-refractivity contribution in [3.8, 4) is 11.5 Å². The molecule has 0 aliphatic carbocycles. The van der Waals surface area contributed by atoms with Crippen LogP contribution in [0, 0.1) is 0 Å². The number of hydrogen-bond acceptors (Lipinski definition) is 3. The molecule has 3 aromatic rings. The third-order valence-electron chi connectivity index (χ3n) is 4.23. The number of benzene rings is 3. The Hall–Kier alpha value is -1.72. The van der Waals surface area contributed by atoms with Crippen LogP contribution >= 0.6 is 39.1 Å². The van der Waals surface area contributed by atoms with Crippen molar-refractivity contribution < 1.29 is 9.47 Å². The molecule has 0 amide bonds. The summed E-state index contributed by atoms with van der Waals surface area (Å²) in [6.07, 6.45) is 0. The minimum Gasteiger partial charge on any atom is -0.493 e. The fraction of sp³-hybridized carbons (Fsp3) is 0.182. The Bertz CT molecular complexity index is 950. The lowest BCUT2D eigenvalue weighted by Crippen LogP contribution is -2.15. The molecule has 3 aromatic carbocycles. The van der Waals surface area contributed by atoms with Crippen LogP contribution in [0.4, 0.5) is 0 Å². The summed E-state index contributed by atoms with van der Waals surface area (Å²) >= 11 is 15.9. The average Bonchev–Trinajstić information content (AvgIpc) is 2.69. The zero-order valence-corrected chi connectivity index (χ0v) is 18.4. The first-order valence-corrected chi connectivity index (χ1v) is 10.3. The molecule has 0 aliphatic rings. The summed E-state index contributed by atoms with van der Waals surface area (Å²) < 4.78 is 12.6. The van der Waals surface area contributed by atoms with Crippen molar-refractivity contribution in [2.75, 3.05) is 7.11 Å². The maximum Gasteiger partial charge on any atom is 0.167 e. The highest BCUT2D eigenvalue weighted by molar-refractivity contribution is 9.10. The van der Waals surface area contributed by atoms with Gasteiger partial charge in [0.15, 0.2) is 11.5 Å². The monoisotopic (exact) mass is 479 g/mol. The van der Waals surface area contributed by atoms with E-state index < -0.39 is 0 Å². The van der Waals surface area contributed by atoms with Gasteiger partial charge in [-0.2, -0.15) is 0 Å². The van der Waals surface area contributed by atoms with E-state index in [-0.39, 0.29) is 0 Å². The van der Waals surface area contributed by atoms with Crippen LogP contribution in [0.5, 0.6) is 11.5 Å². The van der Waals surface area contributed by atoms with E-state index in [0.29, 0.717) is 36.2 Å². The molecular formula is C22H20BrCl2NO2. The summed E-state index contributed by atoms with van der Waals surface area (Å²) in [6.45, 7) is 1.63. The number of ether oxygens (including phenoxy) is 2. The number of nitrogens with one attached hydrogen (secondary N) is 1. The van der Waals surface area contributed by atoms with Gasteiger partial charge < -0.3 is 14.8 Å². The van der Waals surface area contributed by atoms with Crippen LogP contribution in [0.15, 0.2) is 65.1 Å². The molecule has 0 spiro atoms. The number of halogens is 3. The largest absolute Gasteiger partial charge is 0.493 e. The van der Waals surface area contributed by atoms with Crippen molar-refractivity contribution in [3.63, 3.8) is 0 Å². The van der Waals surface area contributed by atoms with E-state index in [1.165, 1.54) is 0 Å². The van der Waals surface area contributed by atoms with Crippen LogP contribution in [0.3, 0.4) is 0 Å². The first kappa shape index (κ1) is 21.0. The quantitative estimate of drug-likeness (QED) is 0.392. The van der Waals surface area contributed by atoms with Gasteiger partial charge in [-0.1, -0.05) is 69.5 Å². The molecule has 3 rings (SSSR count). The standard InChI is InChI=1S/C22H20BrCl2NO2/c1-27-21-10-9-19(23)18(13-26-12-16-6-2-3-8-20(16)25)22(21)28-14-15-5-4-7-17(24)11-15/h2-11,26H,12-14H2,1H3. The Morgan fingerprint density at radius 2 is 1.79 bits per heavy atom. The maximum atomic E-state index is 6.24. The van der Waals surface area contributed by atoms with Crippen LogP contribution in [0.1, 0.15) is 16.7 Å². The Balaban J connectivity index is 1.76. The second kappa shape index (κ2) is 10.2. The van der Waals surface area contributed by atoms with Crippen LogP contribution in [0.2, 0.25) is 10.0 Å². The van der Waals surface area contributed by atoms with Gasteiger partial charge in [-0.15, -0.1) is 0 Å². The van der Waals surface area contributed by atoms with E-state index in [0.717, 1.165) is 26.2 Å². The van der Waals surface area contributed by atoms with Gasteiger partial charge in [0.05, 0.1) is 7.11 Å². The summed E-state index contributed by atoms with van der Waals surface area (Å²) in [6, 6.07) is 19.3. The summed E-state index contributed by atoms with van der Waals surface area (Å²) in [5.41, 5.74) is 3.02. The molecular weight excluding hydrogens is 461 g/mol. The lowest BCUT2D eigenvalue weighted by Gasteiger charge is -2.17. The van der Waals surface area contributed by atoms with E-state index in [1.807, 2.05) is 60.7 Å². The molecule has 0 bridgehead atoms. The topological polar surface area (TPSA) is 30.5 Å². The zero-order valence-electron chi connectivity index (χ0n) is 15.3. The number of methoxy groups -OCH3 is 1. The highest BCUT2D eigenvalue weighted by Gasteiger charge is 2.15. The van der Waals surface area contributed by atoms with E-state index >= 15 is 0 Å². The van der Waals surface area contributed by atoms with E-state index in [2.05, 4.69) is 21.2 Å². The molecule has 1 N–H and O–H groups in total. The minimum atomic E-state index is 0.394. The van der Waals surface area contributed by atoms with Gasteiger partial charge in [-0.05, 0) is 41.5 Å². The summed E-state index contributed by atoms with van der Waals surface area (Å²) in [5.74, 6) is 1.38. The molecule has 3 nitrogen and oxygen atoms in total. The van der Waals surface area contributed by atoms with E-state index in [4.69, 9.17) is 32.7 Å². The molecule has 0 radical (unpaired) electrons. The molecule has 0 atom stereocenters. The van der Waals surface area contributed by atoms with Crippen LogP contribution < -0.4 is 14.8 Å². The fourth-order valence-corrected chi connectivity index (χ4v) is 3.68. The highest BCUT2D eigenvalue weighted by Crippen LogP contribution is 2.37. The van der Waals surface area contributed by atoms with Gasteiger partial charge in [0.1, 0.15) is 6.61 Å². The average molecular weight is 481 g/mol. The van der Waals surface area contributed by atoms with Crippen molar-refractivity contribution >= 4 is 39.1 Å². The summed E-state index contributed by atoms with van der Waals surface area (Å²) in [5, 5.41) is 4.86. The van der Waals surface area contributed by atoms with Crippen molar-refractivity contribution in [3.05, 3.63) is 91.9 Å². The molecule has 0 aliphatic heterocycles. The molecule has 0 saturated carbocycles. The second-order valence-corrected chi connectivity index (χ2v) is 7.87. The molecule has 0 aromatic heterocycles. The van der Waals surface area contributed by atoms with E-state index in [9.17, 15) is 0 Å². The molecule has 28 heavy (non-hydrogen) atoms. The second-order valence-electron chi connectivity index (χ2n) is 6.17. The SMILES string of the molecule is COc1ccc(Br)c(CNCc2ccccc2Cl)c1OCc1cccc(Cl)c1. The molecule has 146 valence electrons. The van der Waals surface area contributed by atoms with Crippen LogP contribution in [-0.4, -0.2) is 7.11 Å². The Morgan fingerprint density at radius 1 is 0.964 bits per heavy atom. The highest BCUT2D eigenvalue weighted by atomic mass is 79.9. The van der Waals surface area contributed by atoms with Crippen molar-refractivity contribution in [1.29, 1.82) is 0 Å². The lowest BCUT2D eigenvalue weighted by atomic mass is 10.1. The van der Waals surface area contributed by atoms with Gasteiger partial charge in [-0.3, -0.25) is 0 Å². The summed E-state index contributed by atoms with van der Waals surface area (Å²) in [4.78, 5) is 0. The van der Waals surface area contributed by atoms with Crippen LogP contribution in [-0.2, 0) is 19.7 Å². The normalized spacial score (nSPS) is 10.7. The smallest absolute Gasteiger partial charge is 0.167 e. The maximum absolute atomic E-state index is 6.24. The van der Waals surface area contributed by atoms with Crippen molar-refractivity contribution in [2.24, 2.45) is 0 Å². The van der Waals surface area contributed by atoms with Crippen molar-refractivity contribution in [2.45, 2.75) is 19.7 Å². The minimum absolute atomic E-state index is 0.394. The Morgan fingerprint density at radius 3 is 2.54 bits per heavy atom. The molecule has 0 unspecified atom stereocenters. The predicted molar refractivity (Wildman–Crippen MR) is 118 cm³/mol. The first-order chi connectivity index (χ1) is 13.6. The molecule has 0 heterocycles. The fourth-order valence-electron chi connectivity index (χ4n) is 2.81. The summed E-state index contributed by atoms with van der Waals surface area (Å²) in [7, 11) is 1.64. The third kappa shape index (κ3) is 5.42. The van der Waals surface area contributed by atoms with Gasteiger partial charge in [-0.25, -0.2) is 0 Å². The van der Waals surface area contributed by atoms with Crippen molar-refractivity contribution in [1.82, 2.24) is 5.32 Å². The Labute approximate surface area is 183 Å². The third-order valence-corrected chi connectivity index (χ3v) is 5.58. The number of rotatable bonds is 8. The van der Waals surface area contributed by atoms with E-state index in [1.54, 1.807) is 7.11 Å². The van der Waals surface area contributed by atoms with Gasteiger partial charge in [0, 0.05) is 33.2 Å². The predicted octanol–water partition coefficient (Wildman–Crippen LogP) is 6.63. The lowest BCUT2D eigenvalue weighted by molar-refractivity contribution is 0.280. The first-order valence-electron chi connectivity index (χ1n) is 8.75. The number of hydrogen-bond donors (Lipinski definition) is 1. The van der Waals surface area contributed by atoms with Gasteiger partial charge in [0.2, 0.25) is 0 Å². The molecule has 0 fully saturated rings. The molecule has 6 heteroatoms. The molecule has 0 saturated heterocycles. The zero-order chi connectivity index (χ0) is 19.9. The van der Waals surface area contributed by atoms with Gasteiger partial charge >= 0.3 is 0 Å². The van der Waals surface area contributed by atoms with Gasteiger partial charge in [0.25, 0.3) is 0 Å². The van der Waals surface area contributed by atoms with Crippen LogP contribution in [0.25, 0.3) is 0 Å². The Kier molecular flexibility index (Phi) is 7.63.